The fourth-order valence-electron chi connectivity index (χ4n) is 2.05. The first-order valence-corrected chi connectivity index (χ1v) is 8.58. The Hall–Kier alpha value is -2.57. The number of nitro groups is 1. The van der Waals surface area contributed by atoms with Crippen molar-refractivity contribution in [3.8, 4) is 0 Å². The highest BCUT2D eigenvalue weighted by Crippen LogP contribution is 2.30. The van der Waals surface area contributed by atoms with Gasteiger partial charge in [-0.2, -0.15) is 4.36 Å². The molecule has 0 unspecified atom stereocenters. The summed E-state index contributed by atoms with van der Waals surface area (Å²) >= 11 is 5.91. The van der Waals surface area contributed by atoms with Gasteiger partial charge in [0.25, 0.3) is 0 Å². The van der Waals surface area contributed by atoms with Gasteiger partial charge in [0.2, 0.25) is 5.82 Å². The summed E-state index contributed by atoms with van der Waals surface area (Å²) < 4.78 is 4.57. The molecule has 0 amide bonds. The Balaban J connectivity index is 2.22. The molecule has 0 atom stereocenters. The van der Waals surface area contributed by atoms with Crippen LogP contribution in [-0.2, 0) is 10.7 Å². The van der Waals surface area contributed by atoms with Gasteiger partial charge in [-0.1, -0.05) is 48.0 Å². The molecule has 0 aliphatic heterocycles. The van der Waals surface area contributed by atoms with Crippen LogP contribution in [0.15, 0.2) is 87.0 Å². The summed E-state index contributed by atoms with van der Waals surface area (Å²) in [6.45, 7) is 0. The summed E-state index contributed by atoms with van der Waals surface area (Å²) in [5.74, 6) is 0.0311. The van der Waals surface area contributed by atoms with Crippen LogP contribution in [0, 0.1) is 10.1 Å². The van der Waals surface area contributed by atoms with Gasteiger partial charge in [-0.15, -0.1) is 0 Å². The fraction of sp³-hybridized carbons (Fsp3) is 0. The first-order valence-electron chi connectivity index (χ1n) is 7.02. The SMILES string of the molecule is O=[N+]([O-])c1ccc(Cl)nc1N=S(c1ccccc1)c1ccccc1. The van der Waals surface area contributed by atoms with Crippen molar-refractivity contribution in [1.29, 1.82) is 0 Å². The fourth-order valence-corrected chi connectivity index (χ4v) is 3.82. The van der Waals surface area contributed by atoms with Crippen molar-refractivity contribution in [2.24, 2.45) is 4.36 Å². The van der Waals surface area contributed by atoms with Crippen molar-refractivity contribution in [2.75, 3.05) is 0 Å². The van der Waals surface area contributed by atoms with Crippen LogP contribution in [0.3, 0.4) is 0 Å². The highest BCUT2D eigenvalue weighted by molar-refractivity contribution is 7.87. The Bertz CT molecular complexity index is 861. The third-order valence-electron chi connectivity index (χ3n) is 3.13. The zero-order chi connectivity index (χ0) is 16.9. The highest BCUT2D eigenvalue weighted by atomic mass is 35.5. The Morgan fingerprint density at radius 1 is 0.917 bits per heavy atom. The van der Waals surface area contributed by atoms with E-state index in [4.69, 9.17) is 11.6 Å². The quantitative estimate of drug-likeness (QED) is 0.366. The van der Waals surface area contributed by atoms with Crippen molar-refractivity contribution in [3.05, 3.63) is 88.1 Å². The van der Waals surface area contributed by atoms with E-state index in [1.54, 1.807) is 0 Å². The molecular formula is C17H12ClN3O2S. The molecule has 1 aromatic heterocycles. The molecule has 0 aliphatic carbocycles. The molecule has 24 heavy (non-hydrogen) atoms. The molecule has 1 heterocycles. The molecular weight excluding hydrogens is 346 g/mol. The van der Waals surface area contributed by atoms with Crippen molar-refractivity contribution >= 4 is 33.8 Å². The lowest BCUT2D eigenvalue weighted by molar-refractivity contribution is -0.384. The van der Waals surface area contributed by atoms with Gasteiger partial charge in [-0.3, -0.25) is 10.1 Å². The van der Waals surface area contributed by atoms with Crippen molar-refractivity contribution in [3.63, 3.8) is 0 Å². The zero-order valence-corrected chi connectivity index (χ0v) is 13.9. The van der Waals surface area contributed by atoms with E-state index in [1.165, 1.54) is 12.1 Å². The van der Waals surface area contributed by atoms with Crippen LogP contribution in [0.5, 0.6) is 0 Å². The van der Waals surface area contributed by atoms with E-state index in [1.807, 2.05) is 60.7 Å². The highest BCUT2D eigenvalue weighted by Gasteiger charge is 2.17. The first kappa shape index (κ1) is 16.3. The Labute approximate surface area is 146 Å². The molecule has 0 aliphatic rings. The van der Waals surface area contributed by atoms with Crippen LogP contribution < -0.4 is 0 Å². The average Bonchev–Trinajstić information content (AvgIpc) is 2.61. The van der Waals surface area contributed by atoms with E-state index in [9.17, 15) is 10.1 Å². The Kier molecular flexibility index (Phi) is 4.98. The molecule has 0 spiro atoms. The molecule has 5 nitrogen and oxygen atoms in total. The van der Waals surface area contributed by atoms with Crippen molar-refractivity contribution < 1.29 is 4.92 Å². The van der Waals surface area contributed by atoms with Gasteiger partial charge in [-0.25, -0.2) is 4.98 Å². The van der Waals surface area contributed by atoms with Crippen LogP contribution in [0.1, 0.15) is 0 Å². The molecule has 0 N–H and O–H groups in total. The normalized spacial score (nSPS) is 10.6. The number of halogens is 1. The second-order valence-electron chi connectivity index (χ2n) is 4.74. The van der Waals surface area contributed by atoms with E-state index in [0.29, 0.717) is 0 Å². The molecule has 3 rings (SSSR count). The smallest absolute Gasteiger partial charge is 0.258 e. The van der Waals surface area contributed by atoms with Crippen LogP contribution in [0.25, 0.3) is 0 Å². The van der Waals surface area contributed by atoms with Gasteiger partial charge < -0.3 is 0 Å². The number of rotatable bonds is 4. The van der Waals surface area contributed by atoms with Gasteiger partial charge in [-0.05, 0) is 41.0 Å². The first-order chi connectivity index (χ1) is 11.6. The summed E-state index contributed by atoms with van der Waals surface area (Å²) in [5, 5.41) is 11.4. The minimum Gasteiger partial charge on any atom is -0.258 e. The average molecular weight is 358 g/mol. The third-order valence-corrected chi connectivity index (χ3v) is 5.13. The number of hydrogen-bond acceptors (Lipinski definition) is 4. The molecule has 2 aromatic carbocycles. The van der Waals surface area contributed by atoms with E-state index in [0.717, 1.165) is 9.79 Å². The van der Waals surface area contributed by atoms with Crippen LogP contribution >= 0.6 is 11.6 Å². The minimum atomic E-state index is -0.738. The van der Waals surface area contributed by atoms with E-state index < -0.39 is 15.6 Å². The molecule has 7 heteroatoms. The number of benzene rings is 2. The van der Waals surface area contributed by atoms with E-state index in [-0.39, 0.29) is 16.7 Å². The summed E-state index contributed by atoms with van der Waals surface area (Å²) in [6.07, 6.45) is 0. The van der Waals surface area contributed by atoms with Crippen LogP contribution in [0.4, 0.5) is 11.5 Å². The monoisotopic (exact) mass is 357 g/mol. The van der Waals surface area contributed by atoms with Gasteiger partial charge >= 0.3 is 5.69 Å². The summed E-state index contributed by atoms with van der Waals surface area (Å²) in [5.41, 5.74) is -0.163. The Morgan fingerprint density at radius 2 is 1.46 bits per heavy atom. The summed E-state index contributed by atoms with van der Waals surface area (Å²) in [6, 6.07) is 21.9. The number of pyridine rings is 1. The largest absolute Gasteiger partial charge is 0.314 e. The summed E-state index contributed by atoms with van der Waals surface area (Å²) in [4.78, 5) is 16.7. The number of hydrogen-bond donors (Lipinski definition) is 0. The molecule has 120 valence electrons. The maximum Gasteiger partial charge on any atom is 0.314 e. The molecule has 0 radical (unpaired) electrons. The van der Waals surface area contributed by atoms with E-state index >= 15 is 0 Å². The van der Waals surface area contributed by atoms with Gasteiger partial charge in [0.1, 0.15) is 5.15 Å². The zero-order valence-electron chi connectivity index (χ0n) is 12.4. The Morgan fingerprint density at radius 3 is 1.96 bits per heavy atom. The lowest BCUT2D eigenvalue weighted by atomic mass is 10.4. The second kappa shape index (κ2) is 7.33. The predicted octanol–water partition coefficient (Wildman–Crippen LogP) is 5.19. The van der Waals surface area contributed by atoms with Crippen molar-refractivity contribution in [1.82, 2.24) is 4.98 Å². The molecule has 0 fully saturated rings. The van der Waals surface area contributed by atoms with Gasteiger partial charge in [0, 0.05) is 15.9 Å². The molecule has 0 saturated heterocycles. The number of nitrogens with zero attached hydrogens (tertiary/aromatic N) is 3. The predicted molar refractivity (Wildman–Crippen MR) is 94.8 cm³/mol. The van der Waals surface area contributed by atoms with Gasteiger partial charge in [0.15, 0.2) is 0 Å². The molecule has 0 saturated carbocycles. The standard InChI is InChI=1S/C17H12ClN3O2S/c18-16-12-11-15(21(22)23)17(19-16)20-24(13-7-3-1-4-8-13)14-9-5-2-6-10-14/h1-12H. The lowest BCUT2D eigenvalue weighted by Crippen LogP contribution is -1.95. The van der Waals surface area contributed by atoms with Gasteiger partial charge in [0.05, 0.1) is 4.92 Å². The maximum absolute atomic E-state index is 11.3. The topological polar surface area (TPSA) is 68.4 Å². The van der Waals surface area contributed by atoms with E-state index in [2.05, 4.69) is 9.35 Å². The van der Waals surface area contributed by atoms with Crippen molar-refractivity contribution in [2.45, 2.75) is 9.79 Å². The number of aromatic nitrogens is 1. The lowest BCUT2D eigenvalue weighted by Gasteiger charge is -2.09. The van der Waals surface area contributed by atoms with Crippen LogP contribution in [-0.4, -0.2) is 9.91 Å². The second-order valence-corrected chi connectivity index (χ2v) is 6.82. The summed E-state index contributed by atoms with van der Waals surface area (Å²) in [7, 11) is -0.738. The molecule has 3 aromatic rings. The van der Waals surface area contributed by atoms with Crippen LogP contribution in [0.2, 0.25) is 5.15 Å². The third kappa shape index (κ3) is 3.67. The minimum absolute atomic E-state index is 0.0311. The maximum atomic E-state index is 11.3. The molecule has 0 bridgehead atoms.